The van der Waals surface area contributed by atoms with Crippen molar-refractivity contribution in [1.82, 2.24) is 0 Å². The molecule has 0 heterocycles. The fourth-order valence-corrected chi connectivity index (χ4v) is 4.24. The molecule has 0 saturated heterocycles. The molecular weight excluding hydrogens is 543 g/mol. The second kappa shape index (κ2) is 11.8. The van der Waals surface area contributed by atoms with E-state index in [1.54, 1.807) is 48.5 Å². The Labute approximate surface area is 232 Å². The van der Waals surface area contributed by atoms with Gasteiger partial charge in [-0.2, -0.15) is 0 Å². The van der Waals surface area contributed by atoms with E-state index in [0.717, 1.165) is 0 Å². The van der Waals surface area contributed by atoms with Crippen molar-refractivity contribution in [1.29, 1.82) is 0 Å². The first kappa shape index (κ1) is 27.4. The molecular formula is C29H20Cl2N2O6. The molecule has 4 N–H and O–H groups in total. The van der Waals surface area contributed by atoms with Crippen molar-refractivity contribution in [2.45, 2.75) is 6.42 Å². The Morgan fingerprint density at radius 1 is 0.590 bits per heavy atom. The van der Waals surface area contributed by atoms with Crippen molar-refractivity contribution in [3.05, 3.63) is 128 Å². The second-order valence-electron chi connectivity index (χ2n) is 8.48. The molecule has 0 atom stereocenters. The predicted octanol–water partition coefficient (Wildman–Crippen LogP) is 6.49. The van der Waals surface area contributed by atoms with Crippen LogP contribution in [0.25, 0.3) is 0 Å². The molecule has 0 bridgehead atoms. The highest BCUT2D eigenvalue weighted by atomic mass is 35.5. The highest BCUT2D eigenvalue weighted by molar-refractivity contribution is 6.31. The molecule has 0 spiro atoms. The molecule has 0 saturated carbocycles. The third-order valence-corrected chi connectivity index (χ3v) is 6.18. The number of amides is 2. The van der Waals surface area contributed by atoms with E-state index in [9.17, 15) is 29.4 Å². The summed E-state index contributed by atoms with van der Waals surface area (Å²) in [4.78, 5) is 49.0. The first-order valence-corrected chi connectivity index (χ1v) is 12.2. The molecule has 0 aliphatic rings. The van der Waals surface area contributed by atoms with Gasteiger partial charge in [0, 0.05) is 21.2 Å². The number of halogens is 2. The minimum Gasteiger partial charge on any atom is -0.478 e. The van der Waals surface area contributed by atoms with Crippen molar-refractivity contribution in [2.75, 3.05) is 10.6 Å². The van der Waals surface area contributed by atoms with E-state index in [-0.39, 0.29) is 40.0 Å². The van der Waals surface area contributed by atoms with Crippen molar-refractivity contribution in [2.24, 2.45) is 0 Å². The Bertz CT molecular complexity index is 1500. The molecule has 0 unspecified atom stereocenters. The monoisotopic (exact) mass is 562 g/mol. The Morgan fingerprint density at radius 3 is 1.36 bits per heavy atom. The van der Waals surface area contributed by atoms with Crippen LogP contribution in [0.15, 0.2) is 84.9 Å². The number of carbonyl (C=O) groups is 4. The SMILES string of the molecule is O=C(Nc1ccc(Cc2ccc(NC(=O)c3cccc(Cl)c3)c(C(=O)O)c2)cc1C(=O)O)c1cccc(Cl)c1. The summed E-state index contributed by atoms with van der Waals surface area (Å²) in [6, 6.07) is 21.5. The maximum atomic E-state index is 12.6. The molecule has 2 amide bonds. The van der Waals surface area contributed by atoms with Gasteiger partial charge >= 0.3 is 11.9 Å². The molecule has 4 aromatic rings. The summed E-state index contributed by atoms with van der Waals surface area (Å²) in [6.45, 7) is 0. The van der Waals surface area contributed by atoms with Gasteiger partial charge in [0.1, 0.15) is 0 Å². The summed E-state index contributed by atoms with van der Waals surface area (Å²) in [5, 5.41) is 25.4. The first-order chi connectivity index (χ1) is 18.6. The molecule has 0 aliphatic heterocycles. The number of carboxylic acids is 2. The van der Waals surface area contributed by atoms with Gasteiger partial charge in [-0.25, -0.2) is 9.59 Å². The lowest BCUT2D eigenvalue weighted by atomic mass is 9.99. The average molecular weight is 563 g/mol. The summed E-state index contributed by atoms with van der Waals surface area (Å²) in [5.41, 5.74) is 1.61. The summed E-state index contributed by atoms with van der Waals surface area (Å²) >= 11 is 11.9. The lowest BCUT2D eigenvalue weighted by Crippen LogP contribution is -2.15. The van der Waals surface area contributed by atoms with Crippen LogP contribution < -0.4 is 10.6 Å². The lowest BCUT2D eigenvalue weighted by molar-refractivity contribution is 0.0687. The Kier molecular flexibility index (Phi) is 8.29. The van der Waals surface area contributed by atoms with Gasteiger partial charge in [0.05, 0.1) is 22.5 Å². The van der Waals surface area contributed by atoms with E-state index in [2.05, 4.69) is 10.6 Å². The van der Waals surface area contributed by atoms with Crippen LogP contribution in [0.5, 0.6) is 0 Å². The van der Waals surface area contributed by atoms with Crippen LogP contribution in [0.3, 0.4) is 0 Å². The Hall–Kier alpha value is -4.66. The highest BCUT2D eigenvalue weighted by Crippen LogP contribution is 2.24. The van der Waals surface area contributed by atoms with Crippen LogP contribution >= 0.6 is 23.2 Å². The maximum Gasteiger partial charge on any atom is 0.337 e. The van der Waals surface area contributed by atoms with Gasteiger partial charge in [-0.3, -0.25) is 9.59 Å². The quantitative estimate of drug-likeness (QED) is 0.194. The smallest absolute Gasteiger partial charge is 0.337 e. The molecule has 4 rings (SSSR count). The first-order valence-electron chi connectivity index (χ1n) is 11.5. The van der Waals surface area contributed by atoms with Crippen LogP contribution in [0, 0.1) is 0 Å². The predicted molar refractivity (Wildman–Crippen MR) is 148 cm³/mol. The van der Waals surface area contributed by atoms with E-state index in [4.69, 9.17) is 23.2 Å². The third kappa shape index (κ3) is 6.81. The number of hydrogen-bond acceptors (Lipinski definition) is 4. The summed E-state index contributed by atoms with van der Waals surface area (Å²) in [7, 11) is 0. The largest absolute Gasteiger partial charge is 0.478 e. The molecule has 10 heteroatoms. The van der Waals surface area contributed by atoms with Gasteiger partial charge in [-0.05, 0) is 78.2 Å². The van der Waals surface area contributed by atoms with Gasteiger partial charge in [-0.1, -0.05) is 47.5 Å². The molecule has 39 heavy (non-hydrogen) atoms. The molecule has 0 aliphatic carbocycles. The number of carboxylic acid groups (broad SMARTS) is 2. The average Bonchev–Trinajstić information content (AvgIpc) is 2.90. The van der Waals surface area contributed by atoms with E-state index < -0.39 is 23.8 Å². The minimum absolute atomic E-state index is 0.0986. The van der Waals surface area contributed by atoms with Gasteiger partial charge in [-0.15, -0.1) is 0 Å². The second-order valence-corrected chi connectivity index (χ2v) is 9.35. The molecule has 0 aromatic heterocycles. The molecule has 8 nitrogen and oxygen atoms in total. The lowest BCUT2D eigenvalue weighted by Gasteiger charge is -2.13. The number of carbonyl (C=O) groups excluding carboxylic acids is 2. The zero-order chi connectivity index (χ0) is 28.1. The fourth-order valence-electron chi connectivity index (χ4n) is 3.86. The topological polar surface area (TPSA) is 133 Å². The van der Waals surface area contributed by atoms with Crippen LogP contribution in [-0.4, -0.2) is 34.0 Å². The van der Waals surface area contributed by atoms with Crippen molar-refractivity contribution < 1.29 is 29.4 Å². The Balaban J connectivity index is 1.55. The van der Waals surface area contributed by atoms with E-state index in [1.165, 1.54) is 36.4 Å². The normalized spacial score (nSPS) is 10.5. The van der Waals surface area contributed by atoms with Gasteiger partial charge < -0.3 is 20.8 Å². The van der Waals surface area contributed by atoms with Crippen LogP contribution in [0.4, 0.5) is 11.4 Å². The fraction of sp³-hybridized carbons (Fsp3) is 0.0345. The third-order valence-electron chi connectivity index (χ3n) is 5.71. The van der Waals surface area contributed by atoms with Gasteiger partial charge in [0.25, 0.3) is 11.8 Å². The van der Waals surface area contributed by atoms with E-state index in [0.29, 0.717) is 21.2 Å². The number of hydrogen-bond donors (Lipinski definition) is 4. The van der Waals surface area contributed by atoms with E-state index >= 15 is 0 Å². The number of nitrogens with one attached hydrogen (secondary N) is 2. The summed E-state index contributed by atoms with van der Waals surface area (Å²) in [5.74, 6) is -3.53. The summed E-state index contributed by atoms with van der Waals surface area (Å²) < 4.78 is 0. The number of anilines is 2. The van der Waals surface area contributed by atoms with Gasteiger partial charge in [0.15, 0.2) is 0 Å². The maximum absolute atomic E-state index is 12.6. The van der Waals surface area contributed by atoms with E-state index in [1.807, 2.05) is 0 Å². The number of rotatable bonds is 8. The zero-order valence-corrected chi connectivity index (χ0v) is 21.6. The summed E-state index contributed by atoms with van der Waals surface area (Å²) in [6.07, 6.45) is 0.200. The highest BCUT2D eigenvalue weighted by Gasteiger charge is 2.17. The molecule has 0 radical (unpaired) electrons. The van der Waals surface area contributed by atoms with Crippen molar-refractivity contribution in [3.63, 3.8) is 0 Å². The number of aromatic carboxylic acids is 2. The van der Waals surface area contributed by atoms with Crippen molar-refractivity contribution in [3.8, 4) is 0 Å². The van der Waals surface area contributed by atoms with Gasteiger partial charge in [0.2, 0.25) is 0 Å². The van der Waals surface area contributed by atoms with Crippen LogP contribution in [-0.2, 0) is 6.42 Å². The molecule has 0 fully saturated rings. The molecule has 196 valence electrons. The van der Waals surface area contributed by atoms with Crippen LogP contribution in [0.1, 0.15) is 52.6 Å². The standard InChI is InChI=1S/C29H20Cl2N2O6/c30-20-5-1-3-18(14-20)26(34)32-24-9-7-16(12-22(24)28(36)37)11-17-8-10-25(23(13-17)29(38)39)33-27(35)19-4-2-6-21(31)15-19/h1-10,12-15H,11H2,(H,32,34)(H,33,35)(H,36,37)(H,38,39). The number of benzene rings is 4. The van der Waals surface area contributed by atoms with Crippen molar-refractivity contribution >= 4 is 58.3 Å². The molecule has 4 aromatic carbocycles. The zero-order valence-electron chi connectivity index (χ0n) is 20.1. The Morgan fingerprint density at radius 2 is 1.00 bits per heavy atom. The van der Waals surface area contributed by atoms with Crippen LogP contribution in [0.2, 0.25) is 10.0 Å². The minimum atomic E-state index is -1.25.